The largest absolute Gasteiger partial charge is 0.277 e. The molecule has 1 aliphatic rings. The van der Waals surface area contributed by atoms with Crippen LogP contribution >= 0.6 is 11.3 Å². The van der Waals surface area contributed by atoms with Gasteiger partial charge in [-0.15, -0.1) is 11.3 Å². The first-order chi connectivity index (χ1) is 11.0. The minimum absolute atomic E-state index is 0.275. The van der Waals surface area contributed by atoms with Crippen LogP contribution in [0.25, 0.3) is 0 Å². The Kier molecular flexibility index (Phi) is 5.11. The predicted octanol–water partition coefficient (Wildman–Crippen LogP) is 2.71. The summed E-state index contributed by atoms with van der Waals surface area (Å²) in [6.45, 7) is 2.11. The Morgan fingerprint density at radius 2 is 1.96 bits per heavy atom. The summed E-state index contributed by atoms with van der Waals surface area (Å²) in [4.78, 5) is 5.93. The van der Waals surface area contributed by atoms with E-state index in [0.29, 0.717) is 0 Å². The number of hydrogen-bond donors (Lipinski definition) is 2. The summed E-state index contributed by atoms with van der Waals surface area (Å²) in [7, 11) is -3.56. The van der Waals surface area contributed by atoms with Crippen molar-refractivity contribution in [2.24, 2.45) is 0 Å². The highest BCUT2D eigenvalue weighted by atomic mass is 32.2. The van der Waals surface area contributed by atoms with Crippen LogP contribution in [0.15, 0.2) is 30.3 Å². The molecule has 0 saturated heterocycles. The van der Waals surface area contributed by atoms with Crippen molar-refractivity contribution in [3.63, 3.8) is 0 Å². The average molecular weight is 351 g/mol. The van der Waals surface area contributed by atoms with Crippen molar-refractivity contribution in [2.45, 2.75) is 45.2 Å². The molecule has 1 aromatic heterocycles. The average Bonchev–Trinajstić information content (AvgIpc) is 2.98. The van der Waals surface area contributed by atoms with E-state index in [1.807, 2.05) is 37.3 Å². The lowest BCUT2D eigenvalue weighted by Crippen LogP contribution is -2.37. The fourth-order valence-corrected chi connectivity index (χ4v) is 4.90. The predicted molar refractivity (Wildman–Crippen MR) is 92.5 cm³/mol. The fraction of sp³-hybridized carbons (Fsp3) is 0.438. The van der Waals surface area contributed by atoms with E-state index < -0.39 is 10.2 Å². The van der Waals surface area contributed by atoms with E-state index in [4.69, 9.17) is 0 Å². The molecule has 0 aliphatic heterocycles. The molecule has 2 N–H and O–H groups in total. The topological polar surface area (TPSA) is 71.1 Å². The molecule has 1 aromatic carbocycles. The number of nitrogens with zero attached hydrogens (tertiary/aromatic N) is 1. The Morgan fingerprint density at radius 3 is 2.70 bits per heavy atom. The summed E-state index contributed by atoms with van der Waals surface area (Å²) in [5, 5.41) is 0.849. The maximum atomic E-state index is 12.2. The summed E-state index contributed by atoms with van der Waals surface area (Å²) in [5.74, 6) is 0. The molecule has 1 heterocycles. The molecule has 0 spiro atoms. The number of aryl methyl sites for hydroxylation is 2. The highest BCUT2D eigenvalue weighted by molar-refractivity contribution is 7.87. The first-order valence-electron chi connectivity index (χ1n) is 7.83. The van der Waals surface area contributed by atoms with E-state index in [1.165, 1.54) is 17.7 Å². The van der Waals surface area contributed by atoms with Gasteiger partial charge in [-0.1, -0.05) is 30.3 Å². The quantitative estimate of drug-likeness (QED) is 0.840. The lowest BCUT2D eigenvalue weighted by Gasteiger charge is -2.12. The van der Waals surface area contributed by atoms with Gasteiger partial charge in [0.25, 0.3) is 10.2 Å². The first kappa shape index (κ1) is 16.6. The summed E-state index contributed by atoms with van der Waals surface area (Å²) < 4.78 is 29.6. The van der Waals surface area contributed by atoms with Crippen LogP contribution in [-0.2, 0) is 29.6 Å². The molecule has 1 aliphatic carbocycles. The summed E-state index contributed by atoms with van der Waals surface area (Å²) in [6, 6.07) is 9.14. The van der Waals surface area contributed by atoms with Crippen LogP contribution in [0, 0.1) is 0 Å². The zero-order valence-electron chi connectivity index (χ0n) is 13.1. The third-order valence-corrected chi connectivity index (χ3v) is 6.40. The molecule has 2 aromatic rings. The highest BCUT2D eigenvalue weighted by Gasteiger charge is 2.21. The van der Waals surface area contributed by atoms with Crippen molar-refractivity contribution in [1.29, 1.82) is 0 Å². The molecule has 0 saturated carbocycles. The number of aromatic nitrogens is 1. The minimum Gasteiger partial charge on any atom is -0.244 e. The van der Waals surface area contributed by atoms with Gasteiger partial charge in [0.05, 0.1) is 11.7 Å². The van der Waals surface area contributed by atoms with Gasteiger partial charge in [0, 0.05) is 11.4 Å². The normalized spacial score (nSPS) is 16.0. The Balaban J connectivity index is 1.61. The Morgan fingerprint density at radius 1 is 1.22 bits per heavy atom. The zero-order valence-corrected chi connectivity index (χ0v) is 14.7. The van der Waals surface area contributed by atoms with Gasteiger partial charge in [0.1, 0.15) is 5.01 Å². The van der Waals surface area contributed by atoms with E-state index in [0.717, 1.165) is 29.1 Å². The number of fused-ring (bicyclic) bond motifs is 1. The van der Waals surface area contributed by atoms with E-state index in [9.17, 15) is 8.42 Å². The van der Waals surface area contributed by atoms with Crippen LogP contribution in [0.1, 0.15) is 46.9 Å². The van der Waals surface area contributed by atoms with Crippen LogP contribution in [-0.4, -0.2) is 13.4 Å². The van der Waals surface area contributed by atoms with Crippen LogP contribution in [0.4, 0.5) is 0 Å². The van der Waals surface area contributed by atoms with E-state index in [-0.39, 0.29) is 12.6 Å². The van der Waals surface area contributed by atoms with Crippen molar-refractivity contribution in [2.75, 3.05) is 0 Å². The van der Waals surface area contributed by atoms with Crippen LogP contribution in [0.5, 0.6) is 0 Å². The van der Waals surface area contributed by atoms with E-state index >= 15 is 0 Å². The first-order valence-corrected chi connectivity index (χ1v) is 10.1. The maximum Gasteiger partial charge on any atom is 0.277 e. The molecule has 0 unspecified atom stereocenters. The number of hydrogen-bond acceptors (Lipinski definition) is 4. The third-order valence-electron chi connectivity index (χ3n) is 3.87. The molecule has 0 bridgehead atoms. The maximum absolute atomic E-state index is 12.2. The Bertz CT molecular complexity index is 733. The smallest absolute Gasteiger partial charge is 0.244 e. The standard InChI is InChI=1S/C16H21N3O2S2/c1-12(16-18-14-9-5-6-10-15(14)22-16)19-23(20,21)17-11-13-7-3-2-4-8-13/h2-4,7-8,12,17,19H,5-6,9-11H2,1H3/t12-/m1/s1. The van der Waals surface area contributed by atoms with Crippen LogP contribution in [0.2, 0.25) is 0 Å². The second-order valence-corrected chi connectivity index (χ2v) is 8.43. The van der Waals surface area contributed by atoms with Gasteiger partial charge in [-0.2, -0.15) is 17.9 Å². The van der Waals surface area contributed by atoms with Gasteiger partial charge < -0.3 is 0 Å². The molecule has 0 amide bonds. The number of benzene rings is 1. The number of rotatable bonds is 6. The summed E-state index contributed by atoms with van der Waals surface area (Å²) in [6.07, 6.45) is 4.46. The molecule has 124 valence electrons. The third kappa shape index (κ3) is 4.38. The van der Waals surface area contributed by atoms with Gasteiger partial charge in [-0.3, -0.25) is 0 Å². The van der Waals surface area contributed by atoms with Crippen molar-refractivity contribution >= 4 is 21.5 Å². The van der Waals surface area contributed by atoms with Gasteiger partial charge in [-0.05, 0) is 38.2 Å². The molecule has 0 fully saturated rings. The van der Waals surface area contributed by atoms with Crippen LogP contribution < -0.4 is 9.44 Å². The Hall–Kier alpha value is -1.28. The van der Waals surface area contributed by atoms with Crippen molar-refractivity contribution in [1.82, 2.24) is 14.4 Å². The second-order valence-electron chi connectivity index (χ2n) is 5.78. The molecular weight excluding hydrogens is 330 g/mol. The minimum atomic E-state index is -3.56. The van der Waals surface area contributed by atoms with E-state index in [1.54, 1.807) is 11.3 Å². The van der Waals surface area contributed by atoms with Crippen LogP contribution in [0.3, 0.4) is 0 Å². The van der Waals surface area contributed by atoms with Crippen molar-refractivity contribution in [3.05, 3.63) is 51.5 Å². The zero-order chi connectivity index (χ0) is 16.3. The summed E-state index contributed by atoms with van der Waals surface area (Å²) >= 11 is 1.63. The van der Waals surface area contributed by atoms with Gasteiger partial charge in [-0.25, -0.2) is 4.98 Å². The van der Waals surface area contributed by atoms with Gasteiger partial charge in [0.15, 0.2) is 0 Å². The summed E-state index contributed by atoms with van der Waals surface area (Å²) in [5.41, 5.74) is 2.08. The Labute approximate surface area is 141 Å². The molecular formula is C16H21N3O2S2. The number of nitrogens with one attached hydrogen (secondary N) is 2. The molecule has 5 nitrogen and oxygen atoms in total. The number of thiazole rings is 1. The van der Waals surface area contributed by atoms with Crippen molar-refractivity contribution < 1.29 is 8.42 Å². The molecule has 0 radical (unpaired) electrons. The lowest BCUT2D eigenvalue weighted by molar-refractivity contribution is 0.551. The van der Waals surface area contributed by atoms with E-state index in [2.05, 4.69) is 14.4 Å². The van der Waals surface area contributed by atoms with Crippen molar-refractivity contribution in [3.8, 4) is 0 Å². The lowest BCUT2D eigenvalue weighted by atomic mass is 10.0. The highest BCUT2D eigenvalue weighted by Crippen LogP contribution is 2.29. The fourth-order valence-electron chi connectivity index (χ4n) is 2.66. The van der Waals surface area contributed by atoms with Gasteiger partial charge >= 0.3 is 0 Å². The second kappa shape index (κ2) is 7.09. The monoisotopic (exact) mass is 351 g/mol. The molecule has 3 rings (SSSR count). The molecule has 1 atom stereocenters. The van der Waals surface area contributed by atoms with Gasteiger partial charge in [0.2, 0.25) is 0 Å². The SMILES string of the molecule is C[C@@H](NS(=O)(=O)NCc1ccccc1)c1nc2c(s1)CCCC2. The molecule has 23 heavy (non-hydrogen) atoms. The molecule has 7 heteroatoms.